The Hall–Kier alpha value is -1.52. The van der Waals surface area contributed by atoms with Crippen LogP contribution >= 0.6 is 0 Å². The minimum absolute atomic E-state index is 0.0427. The average Bonchev–Trinajstić information content (AvgIpc) is 3.03. The number of alkyl halides is 6. The van der Waals surface area contributed by atoms with E-state index in [1.54, 1.807) is 0 Å². The Morgan fingerprint density at radius 2 is 1.49 bits per heavy atom. The maximum Gasteiger partial charge on any atom is 0.430 e. The lowest BCUT2D eigenvalue weighted by Crippen LogP contribution is -2.70. The Morgan fingerprint density at radius 3 is 1.78 bits per heavy atom. The maximum absolute atomic E-state index is 12.8. The molecule has 0 aromatic heterocycles. The predicted molar refractivity (Wildman–Crippen MR) is 123 cm³/mol. The number of carbonyl (C=O) groups is 2. The third-order valence-electron chi connectivity index (χ3n) is 9.03. The molecule has 216 valence electrons. The number of hydrogen-bond donors (Lipinski definition) is 1. The van der Waals surface area contributed by atoms with Gasteiger partial charge in [0.25, 0.3) is 5.60 Å². The SMILES string of the molecule is CC(C)COC(=O)C12C(C)C3CC1C2C3C.CCC(C)(C)C(=O)OC(C)(C)C(O)(C(F)(F)F)C(F)(F)F. The molecule has 0 aromatic carbocycles. The van der Waals surface area contributed by atoms with Gasteiger partial charge in [-0.2, -0.15) is 26.3 Å². The summed E-state index contributed by atoms with van der Waals surface area (Å²) in [4.78, 5) is 24.0. The van der Waals surface area contributed by atoms with E-state index >= 15 is 0 Å². The van der Waals surface area contributed by atoms with Crippen LogP contribution < -0.4 is 0 Å². The second-order valence-electron chi connectivity index (χ2n) is 12.4. The molecule has 6 atom stereocenters. The molecule has 11 heteroatoms. The fourth-order valence-electron chi connectivity index (χ4n) is 6.36. The van der Waals surface area contributed by atoms with Gasteiger partial charge in [0.05, 0.1) is 17.4 Å². The van der Waals surface area contributed by atoms with Crippen LogP contribution in [-0.4, -0.2) is 47.2 Å². The van der Waals surface area contributed by atoms with Crippen LogP contribution in [0.5, 0.6) is 0 Å². The minimum atomic E-state index is -6.06. The van der Waals surface area contributed by atoms with E-state index in [2.05, 4.69) is 32.4 Å². The van der Waals surface area contributed by atoms with Crippen molar-refractivity contribution < 1.29 is 50.5 Å². The van der Waals surface area contributed by atoms with Crippen LogP contribution in [0.15, 0.2) is 0 Å². The zero-order valence-corrected chi connectivity index (χ0v) is 22.9. The molecule has 4 aliphatic rings. The van der Waals surface area contributed by atoms with Crippen molar-refractivity contribution in [1.29, 1.82) is 0 Å². The largest absolute Gasteiger partial charge is 0.465 e. The van der Waals surface area contributed by atoms with Crippen LogP contribution in [0, 0.1) is 46.3 Å². The molecule has 0 aliphatic heterocycles. The number of halogens is 6. The van der Waals surface area contributed by atoms with Crippen molar-refractivity contribution in [2.75, 3.05) is 6.61 Å². The number of hydrogen-bond acceptors (Lipinski definition) is 5. The van der Waals surface area contributed by atoms with Crippen LogP contribution in [0.2, 0.25) is 0 Å². The van der Waals surface area contributed by atoms with Crippen LogP contribution in [-0.2, 0) is 19.1 Å². The Labute approximate surface area is 214 Å². The zero-order valence-electron chi connectivity index (χ0n) is 22.9. The topological polar surface area (TPSA) is 72.8 Å². The van der Waals surface area contributed by atoms with E-state index in [0.717, 1.165) is 11.8 Å². The molecule has 6 unspecified atom stereocenters. The molecule has 0 amide bonds. The van der Waals surface area contributed by atoms with E-state index in [-0.39, 0.29) is 17.8 Å². The monoisotopic (exact) mass is 546 g/mol. The standard InChI is InChI=1S/C14H22O2.C12H18F6O3/c1-7(2)6-16-13(15)14-9(4)10-5-11(14)12(14)8(10)3;1-6-8(2,3)7(19)21-9(4,5)10(20,11(13,14)15)12(16,17)18/h7-12H,5-6H2,1-4H3;20H,6H2,1-5H3. The van der Waals surface area contributed by atoms with Crippen LogP contribution in [0.25, 0.3) is 0 Å². The summed E-state index contributed by atoms with van der Waals surface area (Å²) in [5, 5.41) is 9.27. The summed E-state index contributed by atoms with van der Waals surface area (Å²) >= 11 is 0. The Balaban J connectivity index is 0.000000267. The van der Waals surface area contributed by atoms with Crippen molar-refractivity contribution >= 4 is 11.9 Å². The van der Waals surface area contributed by atoms with Crippen molar-refractivity contribution in [2.45, 2.75) is 98.7 Å². The molecular weight excluding hydrogens is 506 g/mol. The fraction of sp³-hybridized carbons (Fsp3) is 0.923. The van der Waals surface area contributed by atoms with Gasteiger partial charge in [-0.1, -0.05) is 34.6 Å². The summed E-state index contributed by atoms with van der Waals surface area (Å²) in [5.74, 6) is 2.75. The summed E-state index contributed by atoms with van der Waals surface area (Å²) < 4.78 is 86.5. The highest BCUT2D eigenvalue weighted by Gasteiger charge is 2.85. The van der Waals surface area contributed by atoms with Gasteiger partial charge in [-0.15, -0.1) is 0 Å². The number of carbonyl (C=O) groups excluding carboxylic acids is 2. The van der Waals surface area contributed by atoms with Crippen molar-refractivity contribution in [3.05, 3.63) is 0 Å². The number of rotatable bonds is 7. The van der Waals surface area contributed by atoms with Gasteiger partial charge in [0.15, 0.2) is 5.60 Å². The smallest absolute Gasteiger partial charge is 0.430 e. The molecule has 4 rings (SSSR count). The number of aliphatic hydroxyl groups is 1. The van der Waals surface area contributed by atoms with Crippen LogP contribution in [0.3, 0.4) is 0 Å². The van der Waals surface area contributed by atoms with Gasteiger partial charge in [0.1, 0.15) is 0 Å². The van der Waals surface area contributed by atoms with Crippen molar-refractivity contribution in [1.82, 2.24) is 0 Å². The first-order valence-corrected chi connectivity index (χ1v) is 12.7. The van der Waals surface area contributed by atoms with Gasteiger partial charge >= 0.3 is 24.3 Å². The quantitative estimate of drug-likeness (QED) is 0.299. The van der Waals surface area contributed by atoms with E-state index in [1.807, 2.05) is 0 Å². The summed E-state index contributed by atoms with van der Waals surface area (Å²) in [6.45, 7) is 14.3. The van der Waals surface area contributed by atoms with Gasteiger partial charge in [-0.05, 0) is 76.0 Å². The van der Waals surface area contributed by atoms with Crippen molar-refractivity contribution in [2.24, 2.45) is 46.3 Å². The molecule has 0 spiro atoms. The first-order chi connectivity index (χ1) is 16.4. The van der Waals surface area contributed by atoms with Crippen LogP contribution in [0.1, 0.15) is 75.2 Å². The maximum atomic E-state index is 12.8. The molecule has 4 bridgehead atoms. The van der Waals surface area contributed by atoms with Gasteiger partial charge in [-0.25, -0.2) is 0 Å². The van der Waals surface area contributed by atoms with Crippen molar-refractivity contribution in [3.63, 3.8) is 0 Å². The Bertz CT molecular complexity index is 860. The molecule has 4 fully saturated rings. The second kappa shape index (κ2) is 9.59. The molecule has 1 N–H and O–H groups in total. The third-order valence-corrected chi connectivity index (χ3v) is 9.03. The van der Waals surface area contributed by atoms with E-state index in [4.69, 9.17) is 4.74 Å². The highest BCUT2D eigenvalue weighted by molar-refractivity contribution is 5.84. The Morgan fingerprint density at radius 1 is 1.00 bits per heavy atom. The molecule has 0 aromatic rings. The highest BCUT2D eigenvalue weighted by Crippen LogP contribution is 2.83. The second-order valence-corrected chi connectivity index (χ2v) is 12.4. The summed E-state index contributed by atoms with van der Waals surface area (Å²) in [6, 6.07) is 0. The molecule has 37 heavy (non-hydrogen) atoms. The van der Waals surface area contributed by atoms with Gasteiger partial charge < -0.3 is 14.6 Å². The lowest BCUT2D eigenvalue weighted by Gasteiger charge is -2.44. The molecular formula is C26H40F6O5. The average molecular weight is 547 g/mol. The van der Waals surface area contributed by atoms with E-state index < -0.39 is 34.9 Å². The summed E-state index contributed by atoms with van der Waals surface area (Å²) in [5.41, 5.74) is -9.74. The molecule has 4 saturated carbocycles. The molecule has 0 radical (unpaired) electrons. The predicted octanol–water partition coefficient (Wildman–Crippen LogP) is 6.32. The number of ether oxygens (including phenoxy) is 2. The first-order valence-electron chi connectivity index (χ1n) is 12.7. The first kappa shape index (κ1) is 31.7. The zero-order chi connectivity index (χ0) is 29.2. The fourth-order valence-corrected chi connectivity index (χ4v) is 6.36. The highest BCUT2D eigenvalue weighted by atomic mass is 19.4. The third kappa shape index (κ3) is 4.86. The van der Waals surface area contributed by atoms with Gasteiger partial charge in [-0.3, -0.25) is 9.59 Å². The molecule has 0 saturated heterocycles. The lowest BCUT2D eigenvalue weighted by molar-refractivity contribution is -0.408. The van der Waals surface area contributed by atoms with E-state index in [1.165, 1.54) is 27.2 Å². The summed E-state index contributed by atoms with van der Waals surface area (Å²) in [7, 11) is 0. The lowest BCUT2D eigenvalue weighted by atomic mass is 9.83. The normalized spacial score (nSPS) is 31.1. The van der Waals surface area contributed by atoms with Crippen LogP contribution in [0.4, 0.5) is 26.3 Å². The summed E-state index contributed by atoms with van der Waals surface area (Å²) in [6.07, 6.45) is -10.7. The van der Waals surface area contributed by atoms with Gasteiger partial charge in [0, 0.05) is 0 Å². The molecule has 5 nitrogen and oxygen atoms in total. The van der Waals surface area contributed by atoms with E-state index in [9.17, 15) is 41.0 Å². The van der Waals surface area contributed by atoms with E-state index in [0.29, 0.717) is 44.1 Å². The number of esters is 2. The Kier molecular flexibility index (Phi) is 8.22. The molecule has 0 heterocycles. The molecule has 4 aliphatic carbocycles. The van der Waals surface area contributed by atoms with Gasteiger partial charge in [0.2, 0.25) is 0 Å². The minimum Gasteiger partial charge on any atom is -0.465 e. The van der Waals surface area contributed by atoms with Crippen molar-refractivity contribution in [3.8, 4) is 0 Å².